The van der Waals surface area contributed by atoms with Crippen LogP contribution in [0.2, 0.25) is 0 Å². The normalized spacial score (nSPS) is 22.5. The van der Waals surface area contributed by atoms with Crippen molar-refractivity contribution in [1.29, 1.82) is 0 Å². The molecule has 2 unspecified atom stereocenters. The van der Waals surface area contributed by atoms with Crippen LogP contribution in [0.4, 0.5) is 0 Å². The third kappa shape index (κ3) is 3.28. The van der Waals surface area contributed by atoms with E-state index in [9.17, 15) is 9.59 Å². The van der Waals surface area contributed by atoms with Crippen LogP contribution in [0.25, 0.3) is 0 Å². The summed E-state index contributed by atoms with van der Waals surface area (Å²) in [6.45, 7) is 4.91. The van der Waals surface area contributed by atoms with Gasteiger partial charge in [-0.2, -0.15) is 0 Å². The SMILES string of the molecule is CCOC(=O)C(CC)C(=O)C1COCCO1. The van der Waals surface area contributed by atoms with Crippen molar-refractivity contribution in [2.45, 2.75) is 26.4 Å². The zero-order valence-corrected chi connectivity index (χ0v) is 9.73. The van der Waals surface area contributed by atoms with Crippen molar-refractivity contribution >= 4 is 11.8 Å². The molecular weight excluding hydrogens is 212 g/mol. The molecule has 1 heterocycles. The summed E-state index contributed by atoms with van der Waals surface area (Å²) in [5.41, 5.74) is 0. The first kappa shape index (κ1) is 13.1. The monoisotopic (exact) mass is 230 g/mol. The van der Waals surface area contributed by atoms with Crippen LogP contribution in [-0.2, 0) is 23.8 Å². The summed E-state index contributed by atoms with van der Waals surface area (Å²) in [7, 11) is 0. The predicted molar refractivity (Wildman–Crippen MR) is 56.0 cm³/mol. The Morgan fingerprint density at radius 1 is 1.38 bits per heavy atom. The number of ether oxygens (including phenoxy) is 3. The fourth-order valence-electron chi connectivity index (χ4n) is 1.60. The second-order valence-electron chi connectivity index (χ2n) is 3.55. The number of hydrogen-bond acceptors (Lipinski definition) is 5. The van der Waals surface area contributed by atoms with Gasteiger partial charge in [-0.15, -0.1) is 0 Å². The molecule has 0 radical (unpaired) electrons. The number of carbonyl (C=O) groups excluding carboxylic acids is 2. The van der Waals surface area contributed by atoms with Gasteiger partial charge in [-0.05, 0) is 13.3 Å². The lowest BCUT2D eigenvalue weighted by molar-refractivity contribution is -0.161. The highest BCUT2D eigenvalue weighted by molar-refractivity contribution is 6.01. The quantitative estimate of drug-likeness (QED) is 0.510. The van der Waals surface area contributed by atoms with Crippen molar-refractivity contribution < 1.29 is 23.8 Å². The molecule has 1 rings (SSSR count). The molecule has 0 N–H and O–H groups in total. The molecule has 0 aromatic rings. The van der Waals surface area contributed by atoms with Crippen LogP contribution in [0.15, 0.2) is 0 Å². The van der Waals surface area contributed by atoms with Crippen molar-refractivity contribution in [3.8, 4) is 0 Å². The molecule has 0 saturated carbocycles. The highest BCUT2D eigenvalue weighted by Gasteiger charge is 2.33. The van der Waals surface area contributed by atoms with E-state index in [1.165, 1.54) is 0 Å². The highest BCUT2D eigenvalue weighted by Crippen LogP contribution is 2.14. The van der Waals surface area contributed by atoms with E-state index < -0.39 is 18.0 Å². The van der Waals surface area contributed by atoms with Crippen LogP contribution < -0.4 is 0 Å². The van der Waals surface area contributed by atoms with Gasteiger partial charge >= 0.3 is 5.97 Å². The number of carbonyl (C=O) groups is 2. The van der Waals surface area contributed by atoms with E-state index in [2.05, 4.69) is 0 Å². The van der Waals surface area contributed by atoms with Gasteiger partial charge < -0.3 is 14.2 Å². The summed E-state index contributed by atoms with van der Waals surface area (Å²) in [5.74, 6) is -1.43. The summed E-state index contributed by atoms with van der Waals surface area (Å²) in [6.07, 6.45) is -0.194. The van der Waals surface area contributed by atoms with E-state index in [-0.39, 0.29) is 19.0 Å². The highest BCUT2D eigenvalue weighted by atomic mass is 16.6. The maximum absolute atomic E-state index is 11.9. The fourth-order valence-corrected chi connectivity index (χ4v) is 1.60. The molecule has 5 nitrogen and oxygen atoms in total. The topological polar surface area (TPSA) is 61.8 Å². The van der Waals surface area contributed by atoms with Gasteiger partial charge in [0, 0.05) is 0 Å². The number of rotatable bonds is 5. The fraction of sp³-hybridized carbons (Fsp3) is 0.818. The Morgan fingerprint density at radius 3 is 2.62 bits per heavy atom. The first-order valence-electron chi connectivity index (χ1n) is 5.60. The Balaban J connectivity index is 2.57. The van der Waals surface area contributed by atoms with Gasteiger partial charge in [0.1, 0.15) is 12.0 Å². The molecule has 0 bridgehead atoms. The summed E-state index contributed by atoms with van der Waals surface area (Å²) in [5, 5.41) is 0. The maximum Gasteiger partial charge on any atom is 0.316 e. The van der Waals surface area contributed by atoms with Crippen molar-refractivity contribution in [3.05, 3.63) is 0 Å². The standard InChI is InChI=1S/C11H18O5/c1-3-8(11(13)15-4-2)10(12)9-7-14-5-6-16-9/h8-9H,3-7H2,1-2H3. The third-order valence-corrected chi connectivity index (χ3v) is 2.46. The summed E-state index contributed by atoms with van der Waals surface area (Å²) < 4.78 is 15.3. The van der Waals surface area contributed by atoms with Crippen molar-refractivity contribution in [3.63, 3.8) is 0 Å². The number of ketones is 1. The van der Waals surface area contributed by atoms with Crippen molar-refractivity contribution in [1.82, 2.24) is 0 Å². The molecule has 1 aliphatic heterocycles. The number of Topliss-reactive ketones (excluding diaryl/α,β-unsaturated/α-hetero) is 1. The predicted octanol–water partition coefficient (Wildman–Crippen LogP) is 0.560. The van der Waals surface area contributed by atoms with Crippen LogP contribution >= 0.6 is 0 Å². The second-order valence-corrected chi connectivity index (χ2v) is 3.55. The largest absolute Gasteiger partial charge is 0.465 e. The first-order chi connectivity index (χ1) is 7.70. The minimum Gasteiger partial charge on any atom is -0.465 e. The molecule has 0 aromatic heterocycles. The van der Waals surface area contributed by atoms with Gasteiger partial charge in [0.25, 0.3) is 0 Å². The Morgan fingerprint density at radius 2 is 2.12 bits per heavy atom. The van der Waals surface area contributed by atoms with Gasteiger partial charge in [-0.3, -0.25) is 9.59 Å². The lowest BCUT2D eigenvalue weighted by Gasteiger charge is -2.24. The minimum absolute atomic E-state index is 0.231. The van der Waals surface area contributed by atoms with Crippen LogP contribution in [0, 0.1) is 5.92 Å². The summed E-state index contributed by atoms with van der Waals surface area (Å²) >= 11 is 0. The van der Waals surface area contributed by atoms with E-state index >= 15 is 0 Å². The van der Waals surface area contributed by atoms with Crippen LogP contribution in [-0.4, -0.2) is 44.3 Å². The average Bonchev–Trinajstić information content (AvgIpc) is 2.31. The van der Waals surface area contributed by atoms with Crippen LogP contribution in [0.3, 0.4) is 0 Å². The van der Waals surface area contributed by atoms with Gasteiger partial charge in [0.05, 0.1) is 26.4 Å². The van der Waals surface area contributed by atoms with E-state index in [4.69, 9.17) is 14.2 Å². The van der Waals surface area contributed by atoms with Gasteiger partial charge in [-0.25, -0.2) is 0 Å². The molecule has 0 spiro atoms. The Labute approximate surface area is 95.0 Å². The zero-order chi connectivity index (χ0) is 12.0. The van der Waals surface area contributed by atoms with Crippen LogP contribution in [0.5, 0.6) is 0 Å². The number of hydrogen-bond donors (Lipinski definition) is 0. The molecule has 5 heteroatoms. The Kier molecular flexibility index (Phi) is 5.42. The Bertz CT molecular complexity index is 245. The van der Waals surface area contributed by atoms with Gasteiger partial charge in [0.15, 0.2) is 5.78 Å². The molecule has 16 heavy (non-hydrogen) atoms. The number of esters is 1. The Hall–Kier alpha value is -0.940. The molecule has 0 amide bonds. The molecule has 0 aliphatic carbocycles. The lowest BCUT2D eigenvalue weighted by Crippen LogP contribution is -2.41. The zero-order valence-electron chi connectivity index (χ0n) is 9.73. The molecule has 1 fully saturated rings. The average molecular weight is 230 g/mol. The van der Waals surface area contributed by atoms with E-state index in [0.717, 1.165) is 0 Å². The van der Waals surface area contributed by atoms with Crippen molar-refractivity contribution in [2.75, 3.05) is 26.4 Å². The smallest absolute Gasteiger partial charge is 0.316 e. The van der Waals surface area contributed by atoms with E-state index in [1.54, 1.807) is 13.8 Å². The van der Waals surface area contributed by atoms with Crippen LogP contribution in [0.1, 0.15) is 20.3 Å². The van der Waals surface area contributed by atoms with Crippen molar-refractivity contribution in [2.24, 2.45) is 5.92 Å². The lowest BCUT2D eigenvalue weighted by atomic mass is 9.97. The molecule has 92 valence electrons. The third-order valence-electron chi connectivity index (χ3n) is 2.46. The minimum atomic E-state index is -0.730. The summed E-state index contributed by atoms with van der Waals surface area (Å²) in [4.78, 5) is 23.5. The van der Waals surface area contributed by atoms with E-state index in [0.29, 0.717) is 19.6 Å². The second kappa shape index (κ2) is 6.60. The van der Waals surface area contributed by atoms with Gasteiger partial charge in [-0.1, -0.05) is 6.92 Å². The first-order valence-corrected chi connectivity index (χ1v) is 5.60. The van der Waals surface area contributed by atoms with Gasteiger partial charge in [0.2, 0.25) is 0 Å². The summed E-state index contributed by atoms with van der Waals surface area (Å²) in [6, 6.07) is 0. The molecular formula is C11H18O5. The molecule has 0 aromatic carbocycles. The maximum atomic E-state index is 11.9. The molecule has 2 atom stereocenters. The molecule has 1 aliphatic rings. The van der Waals surface area contributed by atoms with E-state index in [1.807, 2.05) is 0 Å². The molecule has 1 saturated heterocycles.